The lowest BCUT2D eigenvalue weighted by atomic mass is 9.79. The van der Waals surface area contributed by atoms with E-state index in [1.165, 1.54) is 43.7 Å². The van der Waals surface area contributed by atoms with E-state index < -0.39 is 10.9 Å². The van der Waals surface area contributed by atoms with Gasteiger partial charge < -0.3 is 5.11 Å². The molecule has 2 fully saturated rings. The molecule has 7 nitrogen and oxygen atoms in total. The van der Waals surface area contributed by atoms with Crippen LogP contribution in [0.25, 0.3) is 11.3 Å². The van der Waals surface area contributed by atoms with Gasteiger partial charge in [-0.25, -0.2) is 4.79 Å². The normalized spacial score (nSPS) is 17.1. The highest BCUT2D eigenvalue weighted by molar-refractivity contribution is 5.88. The van der Waals surface area contributed by atoms with Gasteiger partial charge in [0, 0.05) is 11.6 Å². The van der Waals surface area contributed by atoms with E-state index in [4.69, 9.17) is 0 Å². The second-order valence-corrected chi connectivity index (χ2v) is 9.79. The van der Waals surface area contributed by atoms with Gasteiger partial charge in [-0.3, -0.25) is 0 Å². The summed E-state index contributed by atoms with van der Waals surface area (Å²) in [5, 5.41) is 31.2. The van der Waals surface area contributed by atoms with Crippen molar-refractivity contribution in [2.45, 2.75) is 63.2 Å². The fourth-order valence-corrected chi connectivity index (χ4v) is 5.20. The Bertz CT molecular complexity index is 1200. The number of aromatic nitrogens is 1. The Labute approximate surface area is 205 Å². The summed E-state index contributed by atoms with van der Waals surface area (Å²) in [6.45, 7) is 0. The number of quaternary nitrogens is 1. The first-order valence-corrected chi connectivity index (χ1v) is 12.5. The summed E-state index contributed by atoms with van der Waals surface area (Å²) in [7, 11) is 0. The van der Waals surface area contributed by atoms with Crippen LogP contribution in [0.15, 0.2) is 60.7 Å². The number of benzene rings is 2. The third-order valence-electron chi connectivity index (χ3n) is 7.46. The van der Waals surface area contributed by atoms with Crippen molar-refractivity contribution in [1.82, 2.24) is 9.90 Å². The predicted octanol–water partition coefficient (Wildman–Crippen LogP) is 6.87. The van der Waals surface area contributed by atoms with E-state index in [0.29, 0.717) is 17.3 Å². The molecular weight excluding hydrogens is 442 g/mol. The summed E-state index contributed by atoms with van der Waals surface area (Å²) in [5.41, 5.74) is 7.09. The van der Waals surface area contributed by atoms with Gasteiger partial charge in [-0.05, 0) is 72.9 Å². The minimum absolute atomic E-state index is 0.0146. The lowest BCUT2D eigenvalue weighted by Crippen LogP contribution is -2.48. The van der Waals surface area contributed by atoms with Crippen molar-refractivity contribution in [1.29, 1.82) is 0 Å². The minimum atomic E-state index is -1.64. The lowest BCUT2D eigenvalue weighted by Gasteiger charge is -2.29. The number of anilines is 1. The van der Waals surface area contributed by atoms with Crippen molar-refractivity contribution in [3.8, 4) is 11.3 Å². The van der Waals surface area contributed by atoms with Gasteiger partial charge in [0.2, 0.25) is 0 Å². The molecule has 35 heavy (non-hydrogen) atoms. The van der Waals surface area contributed by atoms with Crippen LogP contribution >= 0.6 is 0 Å². The zero-order valence-corrected chi connectivity index (χ0v) is 19.7. The maximum Gasteiger partial charge on any atom is 0.335 e. The number of nitrogens with one attached hydrogen (secondary N) is 1. The molecule has 0 aliphatic heterocycles. The van der Waals surface area contributed by atoms with E-state index in [1.807, 2.05) is 18.2 Å². The predicted molar refractivity (Wildman–Crippen MR) is 134 cm³/mol. The maximum absolute atomic E-state index is 11.5. The van der Waals surface area contributed by atoms with Crippen molar-refractivity contribution < 1.29 is 20.3 Å². The molecule has 0 radical (unpaired) electrons. The first-order valence-electron chi connectivity index (χ1n) is 12.5. The summed E-state index contributed by atoms with van der Waals surface area (Å²) < 4.78 is 0. The number of rotatable bonds is 7. The Hall–Kier alpha value is -3.26. The second-order valence-electron chi connectivity index (χ2n) is 9.79. The van der Waals surface area contributed by atoms with Gasteiger partial charge in [0.25, 0.3) is 0 Å². The highest BCUT2D eigenvalue weighted by Crippen LogP contribution is 2.41. The Morgan fingerprint density at radius 1 is 0.857 bits per heavy atom. The molecular formula is C28H32N3O4+. The number of hydrogen-bond acceptors (Lipinski definition) is 5. The van der Waals surface area contributed by atoms with Crippen LogP contribution in [0.3, 0.4) is 0 Å². The standard InChI is InChI=1S/C28H31N3O4/c32-28(33)23-16-17-26(24(18-23)21-8-4-9-21)30-31(34,35)27-11-5-10-25(29-27)22-14-12-20(13-15-22)19-6-2-1-3-7-19/h5,10-19,21,30,34-35H,1-4,6-9H2/p+1. The van der Waals surface area contributed by atoms with Gasteiger partial charge in [0.15, 0.2) is 0 Å². The Kier molecular flexibility index (Phi) is 6.56. The molecule has 2 saturated carbocycles. The molecule has 2 aromatic carbocycles. The van der Waals surface area contributed by atoms with E-state index >= 15 is 0 Å². The first-order chi connectivity index (χ1) is 16.9. The molecule has 0 atom stereocenters. The van der Waals surface area contributed by atoms with Crippen LogP contribution in [0, 0.1) is 0 Å². The molecule has 0 amide bonds. The highest BCUT2D eigenvalue weighted by Gasteiger charge is 2.33. The molecule has 7 heteroatoms. The highest BCUT2D eigenvalue weighted by atomic mass is 16.9. The van der Waals surface area contributed by atoms with E-state index in [-0.39, 0.29) is 17.3 Å². The molecule has 182 valence electrons. The molecule has 0 spiro atoms. The van der Waals surface area contributed by atoms with Crippen LogP contribution in [0.2, 0.25) is 0 Å². The SMILES string of the molecule is O=C(O)c1ccc(N[N+](O)(O)c2cccc(-c3ccc(C4CCCCC4)cc3)n2)c(C2CCC2)c1. The lowest BCUT2D eigenvalue weighted by molar-refractivity contribution is -0.274. The molecule has 1 aromatic heterocycles. The van der Waals surface area contributed by atoms with Crippen molar-refractivity contribution in [2.24, 2.45) is 0 Å². The van der Waals surface area contributed by atoms with E-state index in [9.17, 15) is 20.3 Å². The van der Waals surface area contributed by atoms with Crippen molar-refractivity contribution in [2.75, 3.05) is 5.43 Å². The smallest absolute Gasteiger partial charge is 0.335 e. The van der Waals surface area contributed by atoms with Gasteiger partial charge in [-0.15, -0.1) is 10.4 Å². The number of carboxylic acid groups (broad SMARTS) is 1. The van der Waals surface area contributed by atoms with Gasteiger partial charge in [0.1, 0.15) is 0 Å². The average Bonchev–Trinajstić information content (AvgIpc) is 2.84. The fraction of sp³-hybridized carbons (Fsp3) is 0.357. The number of carboxylic acids is 1. The summed E-state index contributed by atoms with van der Waals surface area (Å²) in [4.78, 5) is 14.3. The van der Waals surface area contributed by atoms with E-state index in [2.05, 4.69) is 22.5 Å². The molecule has 5 rings (SSSR count). The van der Waals surface area contributed by atoms with Crippen molar-refractivity contribution >= 4 is 17.5 Å². The molecule has 3 aromatic rings. The summed E-state index contributed by atoms with van der Waals surface area (Å²) in [6.07, 6.45) is 9.35. The quantitative estimate of drug-likeness (QED) is 0.220. The van der Waals surface area contributed by atoms with Crippen LogP contribution in [0.4, 0.5) is 11.5 Å². The molecule has 1 heterocycles. The van der Waals surface area contributed by atoms with Crippen LogP contribution < -0.4 is 10.3 Å². The van der Waals surface area contributed by atoms with Gasteiger partial charge in [-0.2, -0.15) is 10.4 Å². The maximum atomic E-state index is 11.5. The van der Waals surface area contributed by atoms with Gasteiger partial charge in [0.05, 0.1) is 21.9 Å². The zero-order valence-electron chi connectivity index (χ0n) is 19.7. The topological polar surface area (TPSA) is 103 Å². The average molecular weight is 475 g/mol. The third kappa shape index (κ3) is 5.07. The summed E-state index contributed by atoms with van der Waals surface area (Å²) >= 11 is 0. The Balaban J connectivity index is 1.38. The van der Waals surface area contributed by atoms with E-state index in [0.717, 1.165) is 30.4 Å². The van der Waals surface area contributed by atoms with Crippen LogP contribution in [0.1, 0.15) is 84.7 Å². The molecule has 2 aliphatic rings. The molecule has 2 aliphatic carbocycles. The largest absolute Gasteiger partial charge is 0.478 e. The Morgan fingerprint density at radius 3 is 2.23 bits per heavy atom. The fourth-order valence-electron chi connectivity index (χ4n) is 5.20. The van der Waals surface area contributed by atoms with Crippen LogP contribution in [-0.2, 0) is 0 Å². The number of aromatic carboxylic acids is 1. The Morgan fingerprint density at radius 2 is 1.57 bits per heavy atom. The van der Waals surface area contributed by atoms with Crippen LogP contribution in [-0.4, -0.2) is 26.5 Å². The summed E-state index contributed by atoms with van der Waals surface area (Å²) in [6, 6.07) is 18.2. The number of pyridine rings is 1. The van der Waals surface area contributed by atoms with Gasteiger partial charge in [-0.1, -0.05) is 56.0 Å². The van der Waals surface area contributed by atoms with Gasteiger partial charge >= 0.3 is 11.8 Å². The van der Waals surface area contributed by atoms with E-state index in [1.54, 1.807) is 24.3 Å². The molecule has 0 bridgehead atoms. The molecule has 0 unspecified atom stereocenters. The number of hydrogen-bond donors (Lipinski definition) is 4. The number of nitrogens with zero attached hydrogens (tertiary/aromatic N) is 2. The van der Waals surface area contributed by atoms with Crippen LogP contribution in [0.5, 0.6) is 0 Å². The molecule has 4 N–H and O–H groups in total. The molecule has 0 saturated heterocycles. The summed E-state index contributed by atoms with van der Waals surface area (Å²) in [5.74, 6) is -0.174. The zero-order chi connectivity index (χ0) is 24.4. The van der Waals surface area contributed by atoms with Crippen molar-refractivity contribution in [3.63, 3.8) is 0 Å². The second kappa shape index (κ2) is 9.77. The third-order valence-corrected chi connectivity index (χ3v) is 7.46. The first kappa shape index (κ1) is 23.5. The van der Waals surface area contributed by atoms with Crippen molar-refractivity contribution in [3.05, 3.63) is 77.4 Å². The number of carbonyl (C=O) groups is 1. The minimum Gasteiger partial charge on any atom is -0.478 e. The monoisotopic (exact) mass is 474 g/mol.